The standard InChI is InChI=1S/C22H23NO6/c1-27-13-5-6-14(18(11-13)28-2)22-20(26)19(25)15-7-8-17(24)16(21(15)29-22)12-23-9-3-4-10-23/h5-8,11,24,26H,3-4,9-10,12H2,1-2H3. The summed E-state index contributed by atoms with van der Waals surface area (Å²) in [6, 6.07) is 7.93. The Labute approximate surface area is 167 Å². The fourth-order valence-corrected chi connectivity index (χ4v) is 3.78. The van der Waals surface area contributed by atoms with Crippen molar-refractivity contribution in [3.05, 3.63) is 46.1 Å². The van der Waals surface area contributed by atoms with Crippen LogP contribution in [0, 0.1) is 0 Å². The van der Waals surface area contributed by atoms with Crippen molar-refractivity contribution < 1.29 is 24.1 Å². The van der Waals surface area contributed by atoms with Crippen molar-refractivity contribution >= 4 is 11.0 Å². The Bertz CT molecular complexity index is 1110. The van der Waals surface area contributed by atoms with Crippen molar-refractivity contribution in [2.75, 3.05) is 27.3 Å². The Hall–Kier alpha value is -3.19. The van der Waals surface area contributed by atoms with Crippen LogP contribution in [0.3, 0.4) is 0 Å². The van der Waals surface area contributed by atoms with Crippen LogP contribution in [0.1, 0.15) is 18.4 Å². The topological polar surface area (TPSA) is 92.4 Å². The molecule has 2 aromatic carbocycles. The quantitative estimate of drug-likeness (QED) is 0.681. The smallest absolute Gasteiger partial charge is 0.235 e. The molecule has 29 heavy (non-hydrogen) atoms. The van der Waals surface area contributed by atoms with Crippen molar-refractivity contribution in [1.82, 2.24) is 4.90 Å². The highest BCUT2D eigenvalue weighted by Gasteiger charge is 2.23. The van der Waals surface area contributed by atoms with Crippen LogP contribution >= 0.6 is 0 Å². The minimum Gasteiger partial charge on any atom is -0.507 e. The molecule has 1 saturated heterocycles. The summed E-state index contributed by atoms with van der Waals surface area (Å²) in [5, 5.41) is 21.3. The highest BCUT2D eigenvalue weighted by molar-refractivity contribution is 5.86. The summed E-state index contributed by atoms with van der Waals surface area (Å²) >= 11 is 0. The van der Waals surface area contributed by atoms with E-state index >= 15 is 0 Å². The van der Waals surface area contributed by atoms with Gasteiger partial charge >= 0.3 is 0 Å². The van der Waals surface area contributed by atoms with Gasteiger partial charge in [0.25, 0.3) is 0 Å². The van der Waals surface area contributed by atoms with Crippen LogP contribution in [0.25, 0.3) is 22.3 Å². The van der Waals surface area contributed by atoms with Gasteiger partial charge in [-0.05, 0) is 50.2 Å². The number of likely N-dealkylation sites (tertiary alicyclic amines) is 1. The Kier molecular flexibility index (Phi) is 5.07. The van der Waals surface area contributed by atoms with Crippen LogP contribution in [0.2, 0.25) is 0 Å². The van der Waals surface area contributed by atoms with E-state index in [0.29, 0.717) is 29.2 Å². The second kappa shape index (κ2) is 7.67. The number of aromatic hydroxyl groups is 2. The lowest BCUT2D eigenvalue weighted by Gasteiger charge is -2.17. The first-order valence-corrected chi connectivity index (χ1v) is 9.49. The summed E-state index contributed by atoms with van der Waals surface area (Å²) < 4.78 is 16.6. The van der Waals surface area contributed by atoms with Gasteiger partial charge in [0.15, 0.2) is 5.76 Å². The molecular formula is C22H23NO6. The molecule has 3 aromatic rings. The third kappa shape index (κ3) is 3.38. The lowest BCUT2D eigenvalue weighted by molar-refractivity contribution is 0.323. The van der Waals surface area contributed by atoms with E-state index in [4.69, 9.17) is 13.9 Å². The highest BCUT2D eigenvalue weighted by Crippen LogP contribution is 2.40. The predicted octanol–water partition coefficient (Wildman–Crippen LogP) is 3.48. The maximum Gasteiger partial charge on any atom is 0.235 e. The van der Waals surface area contributed by atoms with Crippen LogP contribution in [-0.4, -0.2) is 42.4 Å². The summed E-state index contributed by atoms with van der Waals surface area (Å²) in [5.74, 6) is 0.518. The van der Waals surface area contributed by atoms with E-state index < -0.39 is 11.2 Å². The van der Waals surface area contributed by atoms with Crippen molar-refractivity contribution in [2.45, 2.75) is 19.4 Å². The normalized spacial score (nSPS) is 14.4. The van der Waals surface area contributed by atoms with E-state index in [-0.39, 0.29) is 22.5 Å². The van der Waals surface area contributed by atoms with Crippen LogP contribution < -0.4 is 14.9 Å². The highest BCUT2D eigenvalue weighted by atomic mass is 16.5. The average molecular weight is 397 g/mol. The number of phenolic OH excluding ortho intramolecular Hbond substituents is 1. The summed E-state index contributed by atoms with van der Waals surface area (Å²) in [6.45, 7) is 2.32. The molecule has 1 fully saturated rings. The largest absolute Gasteiger partial charge is 0.507 e. The van der Waals surface area contributed by atoms with Gasteiger partial charge in [-0.15, -0.1) is 0 Å². The molecule has 0 radical (unpaired) electrons. The molecule has 2 heterocycles. The molecule has 0 amide bonds. The number of ether oxygens (including phenoxy) is 2. The van der Waals surface area contributed by atoms with Crippen molar-refractivity contribution in [2.24, 2.45) is 0 Å². The Morgan fingerprint density at radius 2 is 1.83 bits per heavy atom. The number of fused-ring (bicyclic) bond motifs is 1. The molecule has 0 unspecified atom stereocenters. The van der Waals surface area contributed by atoms with Gasteiger partial charge in [-0.3, -0.25) is 9.69 Å². The third-order valence-electron chi connectivity index (χ3n) is 5.35. The second-order valence-corrected chi connectivity index (χ2v) is 7.10. The maximum atomic E-state index is 12.9. The van der Waals surface area contributed by atoms with Gasteiger partial charge in [0, 0.05) is 12.6 Å². The predicted molar refractivity (Wildman–Crippen MR) is 109 cm³/mol. The van der Waals surface area contributed by atoms with Crippen LogP contribution in [-0.2, 0) is 6.54 Å². The Balaban J connectivity index is 1.94. The summed E-state index contributed by atoms with van der Waals surface area (Å²) in [5.41, 5.74) is 0.671. The fraction of sp³-hybridized carbons (Fsp3) is 0.318. The van der Waals surface area contributed by atoms with Gasteiger partial charge in [0.1, 0.15) is 22.8 Å². The van der Waals surface area contributed by atoms with Gasteiger partial charge in [-0.25, -0.2) is 0 Å². The monoisotopic (exact) mass is 397 g/mol. The zero-order valence-corrected chi connectivity index (χ0v) is 16.4. The van der Waals surface area contributed by atoms with Gasteiger partial charge < -0.3 is 24.1 Å². The Morgan fingerprint density at radius 1 is 1.07 bits per heavy atom. The molecule has 1 aromatic heterocycles. The minimum atomic E-state index is -0.554. The number of rotatable bonds is 5. The van der Waals surface area contributed by atoms with Crippen LogP contribution in [0.15, 0.2) is 39.5 Å². The van der Waals surface area contributed by atoms with Crippen molar-refractivity contribution in [3.8, 4) is 34.3 Å². The summed E-state index contributed by atoms with van der Waals surface area (Å²) in [4.78, 5) is 15.1. The van der Waals surface area contributed by atoms with Crippen molar-refractivity contribution in [1.29, 1.82) is 0 Å². The first-order valence-electron chi connectivity index (χ1n) is 9.49. The molecule has 7 heteroatoms. The molecule has 4 rings (SSSR count). The second-order valence-electron chi connectivity index (χ2n) is 7.10. The molecular weight excluding hydrogens is 374 g/mol. The molecule has 152 valence electrons. The van der Waals surface area contributed by atoms with E-state index in [1.54, 1.807) is 18.2 Å². The zero-order valence-electron chi connectivity index (χ0n) is 16.4. The van der Waals surface area contributed by atoms with E-state index in [2.05, 4.69) is 4.90 Å². The van der Waals surface area contributed by atoms with Crippen LogP contribution in [0.4, 0.5) is 0 Å². The van der Waals surface area contributed by atoms with Gasteiger partial charge in [-0.2, -0.15) is 0 Å². The van der Waals surface area contributed by atoms with E-state index in [0.717, 1.165) is 25.9 Å². The molecule has 0 aliphatic carbocycles. The summed E-state index contributed by atoms with van der Waals surface area (Å²) in [6.07, 6.45) is 2.20. The lowest BCUT2D eigenvalue weighted by Crippen LogP contribution is -2.19. The number of nitrogens with zero attached hydrogens (tertiary/aromatic N) is 1. The zero-order chi connectivity index (χ0) is 20.5. The number of benzene rings is 2. The molecule has 0 bridgehead atoms. The molecule has 1 aliphatic heterocycles. The van der Waals surface area contributed by atoms with Crippen LogP contribution in [0.5, 0.6) is 23.0 Å². The number of hydrogen-bond donors (Lipinski definition) is 2. The lowest BCUT2D eigenvalue weighted by atomic mass is 10.1. The Morgan fingerprint density at radius 3 is 2.52 bits per heavy atom. The number of phenols is 1. The molecule has 0 atom stereocenters. The van der Waals surface area contributed by atoms with Crippen molar-refractivity contribution in [3.63, 3.8) is 0 Å². The maximum absolute atomic E-state index is 12.9. The molecule has 1 aliphatic rings. The minimum absolute atomic E-state index is 0.00437. The fourth-order valence-electron chi connectivity index (χ4n) is 3.78. The van der Waals surface area contributed by atoms with E-state index in [1.165, 1.54) is 26.4 Å². The number of methoxy groups -OCH3 is 2. The first kappa shape index (κ1) is 19.1. The van der Waals surface area contributed by atoms with Gasteiger partial charge in [0.05, 0.1) is 30.7 Å². The van der Waals surface area contributed by atoms with E-state index in [9.17, 15) is 15.0 Å². The molecule has 7 nitrogen and oxygen atoms in total. The van der Waals surface area contributed by atoms with E-state index in [1.807, 2.05) is 0 Å². The third-order valence-corrected chi connectivity index (χ3v) is 5.35. The molecule has 2 N–H and O–H groups in total. The van der Waals surface area contributed by atoms with Gasteiger partial charge in [0.2, 0.25) is 11.2 Å². The SMILES string of the molecule is COc1ccc(-c2oc3c(CN4CCCC4)c(O)ccc3c(=O)c2O)c(OC)c1. The van der Waals surface area contributed by atoms with Gasteiger partial charge in [-0.1, -0.05) is 0 Å². The molecule has 0 saturated carbocycles. The molecule has 0 spiro atoms. The first-order chi connectivity index (χ1) is 14.0. The average Bonchev–Trinajstić information content (AvgIpc) is 3.25. The number of hydrogen-bond acceptors (Lipinski definition) is 7. The summed E-state index contributed by atoms with van der Waals surface area (Å²) in [7, 11) is 3.02.